The Balaban J connectivity index is 1.66. The topological polar surface area (TPSA) is 23.6 Å². The van der Waals surface area contributed by atoms with Crippen molar-refractivity contribution in [2.45, 2.75) is 31.7 Å². The van der Waals surface area contributed by atoms with E-state index in [4.69, 9.17) is 18.0 Å². The largest absolute Gasteiger partial charge is 0.335 e. The summed E-state index contributed by atoms with van der Waals surface area (Å²) in [5, 5.41) is 0.740. The second kappa shape index (κ2) is 7.38. The number of piperidine rings is 1. The summed E-state index contributed by atoms with van der Waals surface area (Å²) in [5.74, 6) is 3.14. The molecule has 3 nitrogen and oxygen atoms in total. The predicted octanol–water partition coefficient (Wildman–Crippen LogP) is 3.35. The molecule has 2 fully saturated rings. The van der Waals surface area contributed by atoms with Crippen LogP contribution in [0.4, 0.5) is 0 Å². The molecule has 0 spiro atoms. The number of benzene rings is 1. The van der Waals surface area contributed by atoms with Gasteiger partial charge >= 0.3 is 0 Å². The third-order valence-electron chi connectivity index (χ3n) is 5.02. The Labute approximate surface area is 143 Å². The van der Waals surface area contributed by atoms with Crippen LogP contribution in [0.15, 0.2) is 24.3 Å². The van der Waals surface area contributed by atoms with Gasteiger partial charge in [0.05, 0.1) is 12.6 Å². The highest BCUT2D eigenvalue weighted by molar-refractivity contribution is 6.30. The van der Waals surface area contributed by atoms with Crippen molar-refractivity contribution in [3.05, 3.63) is 34.9 Å². The number of halogens is 1. The molecule has 23 heavy (non-hydrogen) atoms. The molecular weight excluding hydrogens is 308 g/mol. The van der Waals surface area contributed by atoms with Crippen molar-refractivity contribution in [1.29, 1.82) is 0 Å². The molecule has 2 saturated heterocycles. The monoisotopic (exact) mass is 330 g/mol. The number of hydrogen-bond acceptors (Lipinski definition) is 2. The van der Waals surface area contributed by atoms with Crippen LogP contribution in [0.2, 0.25) is 5.02 Å². The van der Waals surface area contributed by atoms with Crippen molar-refractivity contribution in [2.75, 3.05) is 26.2 Å². The minimum Gasteiger partial charge on any atom is -0.335 e. The average molecular weight is 331 g/mol. The van der Waals surface area contributed by atoms with E-state index in [9.17, 15) is 4.79 Å². The van der Waals surface area contributed by atoms with E-state index in [2.05, 4.69) is 21.8 Å². The summed E-state index contributed by atoms with van der Waals surface area (Å²) in [6.45, 7) is 3.41. The molecule has 1 aromatic carbocycles. The molecule has 2 aliphatic heterocycles. The molecule has 2 heterocycles. The molecule has 0 bridgehead atoms. The molecule has 0 radical (unpaired) electrons. The number of nitrogens with zero attached hydrogens (tertiary/aromatic N) is 2. The van der Waals surface area contributed by atoms with Crippen LogP contribution in [-0.2, 0) is 4.79 Å². The molecule has 1 aromatic rings. The molecule has 1 amide bonds. The Bertz CT molecular complexity index is 602. The molecule has 122 valence electrons. The first-order valence-corrected chi connectivity index (χ1v) is 8.78. The van der Waals surface area contributed by atoms with Gasteiger partial charge in [0.1, 0.15) is 0 Å². The van der Waals surface area contributed by atoms with E-state index >= 15 is 0 Å². The summed E-state index contributed by atoms with van der Waals surface area (Å²) in [6, 6.07) is 8.11. The van der Waals surface area contributed by atoms with Crippen LogP contribution < -0.4 is 0 Å². The van der Waals surface area contributed by atoms with Crippen molar-refractivity contribution >= 4 is 17.5 Å². The van der Waals surface area contributed by atoms with Crippen molar-refractivity contribution in [1.82, 2.24) is 9.80 Å². The molecule has 4 heteroatoms. The fourth-order valence-corrected chi connectivity index (χ4v) is 3.99. The minimum absolute atomic E-state index is 0.142. The minimum atomic E-state index is 0.142. The van der Waals surface area contributed by atoms with E-state index < -0.39 is 0 Å². The smallest absolute Gasteiger partial charge is 0.226 e. The summed E-state index contributed by atoms with van der Waals surface area (Å²) in [4.78, 5) is 17.3. The summed E-state index contributed by atoms with van der Waals surface area (Å²) < 4.78 is 0. The Hall–Kier alpha value is -1.50. The van der Waals surface area contributed by atoms with Crippen LogP contribution in [0.1, 0.15) is 37.3 Å². The Kier molecular flexibility index (Phi) is 5.25. The zero-order chi connectivity index (χ0) is 16.2. The first-order chi connectivity index (χ1) is 11.2. The molecule has 0 N–H and O–H groups in total. The van der Waals surface area contributed by atoms with Crippen LogP contribution in [0.5, 0.6) is 0 Å². The van der Waals surface area contributed by atoms with Gasteiger partial charge in [-0.3, -0.25) is 9.69 Å². The van der Waals surface area contributed by atoms with E-state index in [1.54, 1.807) is 0 Å². The molecule has 3 rings (SSSR count). The van der Waals surface area contributed by atoms with Crippen molar-refractivity contribution in [3.8, 4) is 12.3 Å². The van der Waals surface area contributed by atoms with E-state index in [-0.39, 0.29) is 12.0 Å². The number of likely N-dealkylation sites (tertiary alicyclic amines) is 2. The Morgan fingerprint density at radius 2 is 2.04 bits per heavy atom. The number of terminal acetylenes is 1. The highest BCUT2D eigenvalue weighted by atomic mass is 35.5. The normalized spacial score (nSPS) is 23.0. The van der Waals surface area contributed by atoms with Crippen molar-refractivity contribution in [3.63, 3.8) is 0 Å². The maximum Gasteiger partial charge on any atom is 0.226 e. The van der Waals surface area contributed by atoms with Crippen LogP contribution in [0.3, 0.4) is 0 Å². The maximum absolute atomic E-state index is 13.0. The lowest BCUT2D eigenvalue weighted by molar-refractivity contribution is -0.138. The number of rotatable bonds is 3. The van der Waals surface area contributed by atoms with Crippen LogP contribution in [0.25, 0.3) is 0 Å². The fourth-order valence-electron chi connectivity index (χ4n) is 3.79. The standard InChI is InChI=1S/C19H23ClN2O/c1-2-10-21-12-8-15(9-13-21)19(23)22-11-4-7-18(22)16-5-3-6-17(20)14-16/h1,3,5-6,14-15,18H,4,7-13H2/t18-/m1/s1. The number of carbonyl (C=O) groups is 1. The molecule has 2 aliphatic rings. The van der Waals surface area contributed by atoms with Gasteiger partial charge < -0.3 is 4.90 Å². The first-order valence-electron chi connectivity index (χ1n) is 8.41. The average Bonchev–Trinajstić information content (AvgIpc) is 3.05. The van der Waals surface area contributed by atoms with Crippen molar-refractivity contribution in [2.24, 2.45) is 5.92 Å². The SMILES string of the molecule is C#CCN1CCC(C(=O)N2CCC[C@@H]2c2cccc(Cl)c2)CC1. The van der Waals surface area contributed by atoms with E-state index in [0.29, 0.717) is 12.5 Å². The van der Waals surface area contributed by atoms with E-state index in [1.165, 1.54) is 0 Å². The van der Waals surface area contributed by atoms with Gasteiger partial charge in [0.15, 0.2) is 0 Å². The summed E-state index contributed by atoms with van der Waals surface area (Å²) in [6.07, 6.45) is 9.30. The second-order valence-electron chi connectivity index (χ2n) is 6.50. The number of hydrogen-bond donors (Lipinski definition) is 0. The highest BCUT2D eigenvalue weighted by Crippen LogP contribution is 2.35. The summed E-state index contributed by atoms with van der Waals surface area (Å²) in [5.41, 5.74) is 1.16. The highest BCUT2D eigenvalue weighted by Gasteiger charge is 2.35. The van der Waals surface area contributed by atoms with Crippen molar-refractivity contribution < 1.29 is 4.79 Å². The predicted molar refractivity (Wildman–Crippen MR) is 93.1 cm³/mol. The van der Waals surface area contributed by atoms with Gasteiger partial charge in [0, 0.05) is 17.5 Å². The quantitative estimate of drug-likeness (QED) is 0.793. The van der Waals surface area contributed by atoms with Crippen LogP contribution in [-0.4, -0.2) is 41.9 Å². The Morgan fingerprint density at radius 1 is 1.26 bits per heavy atom. The number of amides is 1. The lowest BCUT2D eigenvalue weighted by Crippen LogP contribution is -2.42. The molecule has 0 aromatic heterocycles. The Morgan fingerprint density at radius 3 is 2.74 bits per heavy atom. The van der Waals surface area contributed by atoms with Gasteiger partial charge in [0.25, 0.3) is 0 Å². The molecule has 1 atom stereocenters. The third kappa shape index (κ3) is 3.71. The van der Waals surface area contributed by atoms with Gasteiger partial charge in [-0.05, 0) is 56.5 Å². The van der Waals surface area contributed by atoms with E-state index in [0.717, 1.165) is 55.9 Å². The van der Waals surface area contributed by atoms with Gasteiger partial charge in [0.2, 0.25) is 5.91 Å². The second-order valence-corrected chi connectivity index (χ2v) is 6.94. The van der Waals surface area contributed by atoms with Gasteiger partial charge in [-0.1, -0.05) is 29.7 Å². The van der Waals surface area contributed by atoms with Crippen LogP contribution in [0, 0.1) is 18.3 Å². The lowest BCUT2D eigenvalue weighted by atomic mass is 9.94. The number of carbonyl (C=O) groups excluding carboxylic acids is 1. The van der Waals surface area contributed by atoms with Gasteiger partial charge in [-0.2, -0.15) is 0 Å². The third-order valence-corrected chi connectivity index (χ3v) is 5.26. The zero-order valence-corrected chi connectivity index (χ0v) is 14.1. The van der Waals surface area contributed by atoms with Gasteiger partial charge in [-0.15, -0.1) is 6.42 Å². The summed E-state index contributed by atoms with van der Waals surface area (Å²) >= 11 is 6.12. The fraction of sp³-hybridized carbons (Fsp3) is 0.526. The molecule has 0 unspecified atom stereocenters. The first kappa shape index (κ1) is 16.4. The molecular formula is C19H23ClN2O. The maximum atomic E-state index is 13.0. The molecule has 0 saturated carbocycles. The van der Waals surface area contributed by atoms with E-state index in [1.807, 2.05) is 18.2 Å². The summed E-state index contributed by atoms with van der Waals surface area (Å²) in [7, 11) is 0. The lowest BCUT2D eigenvalue weighted by Gasteiger charge is -2.34. The zero-order valence-electron chi connectivity index (χ0n) is 13.4. The van der Waals surface area contributed by atoms with Gasteiger partial charge in [-0.25, -0.2) is 0 Å². The molecule has 0 aliphatic carbocycles. The van der Waals surface area contributed by atoms with Crippen LogP contribution >= 0.6 is 11.6 Å².